The van der Waals surface area contributed by atoms with Crippen LogP contribution >= 0.6 is 11.6 Å². The van der Waals surface area contributed by atoms with Crippen molar-refractivity contribution in [2.45, 2.75) is 0 Å². The molecule has 2 aromatic rings. The molecule has 2 N–H and O–H groups in total. The maximum absolute atomic E-state index is 12.1. The molecular formula is C14H8ClN3O3. The highest BCUT2D eigenvalue weighted by molar-refractivity contribution is 6.34. The van der Waals surface area contributed by atoms with E-state index >= 15 is 0 Å². The number of aromatic nitrogens is 1. The molecule has 0 atom stereocenters. The van der Waals surface area contributed by atoms with E-state index in [1.807, 2.05) is 6.07 Å². The topological polar surface area (TPSA) is 103 Å². The van der Waals surface area contributed by atoms with E-state index in [1.54, 1.807) is 0 Å². The first-order chi connectivity index (χ1) is 10.0. The molecule has 0 saturated heterocycles. The van der Waals surface area contributed by atoms with Gasteiger partial charge in [0, 0.05) is 11.8 Å². The lowest BCUT2D eigenvalue weighted by Crippen LogP contribution is -2.14. The van der Waals surface area contributed by atoms with Gasteiger partial charge in [-0.15, -0.1) is 0 Å². The molecule has 0 bridgehead atoms. The van der Waals surface area contributed by atoms with E-state index in [9.17, 15) is 9.59 Å². The van der Waals surface area contributed by atoms with Crippen molar-refractivity contribution >= 4 is 29.2 Å². The summed E-state index contributed by atoms with van der Waals surface area (Å²) in [4.78, 5) is 26.5. The first-order valence-electron chi connectivity index (χ1n) is 5.71. The van der Waals surface area contributed by atoms with Crippen LogP contribution in [0.2, 0.25) is 5.02 Å². The molecule has 0 fully saturated rings. The van der Waals surface area contributed by atoms with Crippen molar-refractivity contribution in [3.8, 4) is 6.07 Å². The zero-order valence-corrected chi connectivity index (χ0v) is 11.3. The van der Waals surface area contributed by atoms with Crippen LogP contribution in [-0.2, 0) is 0 Å². The van der Waals surface area contributed by atoms with Crippen LogP contribution in [0.1, 0.15) is 26.4 Å². The molecule has 7 heteroatoms. The third-order valence-corrected chi connectivity index (χ3v) is 2.91. The Labute approximate surface area is 124 Å². The second-order valence-corrected chi connectivity index (χ2v) is 4.40. The van der Waals surface area contributed by atoms with Crippen LogP contribution in [0.25, 0.3) is 0 Å². The Bertz CT molecular complexity index is 768. The molecular weight excluding hydrogens is 294 g/mol. The van der Waals surface area contributed by atoms with E-state index in [4.69, 9.17) is 22.0 Å². The number of rotatable bonds is 3. The minimum absolute atomic E-state index is 0.126. The lowest BCUT2D eigenvalue weighted by Gasteiger charge is -2.07. The van der Waals surface area contributed by atoms with Gasteiger partial charge in [0.2, 0.25) is 0 Å². The molecule has 1 aromatic heterocycles. The zero-order valence-electron chi connectivity index (χ0n) is 10.5. The van der Waals surface area contributed by atoms with Crippen LogP contribution in [0.15, 0.2) is 36.5 Å². The van der Waals surface area contributed by atoms with Crippen molar-refractivity contribution in [2.75, 3.05) is 5.32 Å². The Morgan fingerprint density at radius 2 is 2.05 bits per heavy atom. The third-order valence-electron chi connectivity index (χ3n) is 2.58. The summed E-state index contributed by atoms with van der Waals surface area (Å²) in [5.41, 5.74) is 0.505. The van der Waals surface area contributed by atoms with Crippen LogP contribution in [0, 0.1) is 11.3 Å². The van der Waals surface area contributed by atoms with E-state index in [-0.39, 0.29) is 22.0 Å². The Balaban J connectivity index is 2.28. The molecule has 1 heterocycles. The fraction of sp³-hybridized carbons (Fsp3) is 0. The predicted octanol–water partition coefficient (Wildman–Crippen LogP) is 2.56. The Morgan fingerprint density at radius 3 is 2.71 bits per heavy atom. The summed E-state index contributed by atoms with van der Waals surface area (Å²) in [5.74, 6) is -1.77. The number of nitrogens with one attached hydrogen (secondary N) is 1. The monoisotopic (exact) mass is 301 g/mol. The number of halogens is 1. The van der Waals surface area contributed by atoms with Crippen LogP contribution in [0.3, 0.4) is 0 Å². The number of carbonyl (C=O) groups is 2. The van der Waals surface area contributed by atoms with Crippen molar-refractivity contribution in [1.29, 1.82) is 5.26 Å². The van der Waals surface area contributed by atoms with E-state index in [0.29, 0.717) is 5.56 Å². The normalized spacial score (nSPS) is 9.71. The highest BCUT2D eigenvalue weighted by atomic mass is 35.5. The molecule has 21 heavy (non-hydrogen) atoms. The maximum atomic E-state index is 12.1. The minimum atomic E-state index is -1.23. The predicted molar refractivity (Wildman–Crippen MR) is 75.3 cm³/mol. The Morgan fingerprint density at radius 1 is 1.29 bits per heavy atom. The number of carboxylic acids is 1. The van der Waals surface area contributed by atoms with Crippen molar-refractivity contribution in [3.05, 3.63) is 58.4 Å². The largest absolute Gasteiger partial charge is 0.477 e. The van der Waals surface area contributed by atoms with E-state index in [2.05, 4.69) is 10.3 Å². The lowest BCUT2D eigenvalue weighted by atomic mass is 10.2. The van der Waals surface area contributed by atoms with Gasteiger partial charge < -0.3 is 10.4 Å². The molecule has 104 valence electrons. The zero-order chi connectivity index (χ0) is 15.4. The standard InChI is InChI=1S/C14H8ClN3O3/c15-10-2-1-8(7-16)5-11(10)18-13(19)9-3-4-17-12(6-9)14(20)21/h1-6H,(H,18,19)(H,20,21). The fourth-order valence-electron chi connectivity index (χ4n) is 1.57. The Hall–Kier alpha value is -2.91. The van der Waals surface area contributed by atoms with Gasteiger partial charge in [-0.25, -0.2) is 9.78 Å². The highest BCUT2D eigenvalue weighted by Gasteiger charge is 2.12. The average Bonchev–Trinajstić information content (AvgIpc) is 2.49. The number of hydrogen-bond acceptors (Lipinski definition) is 4. The van der Waals surface area contributed by atoms with E-state index in [0.717, 1.165) is 6.07 Å². The van der Waals surface area contributed by atoms with Crippen LogP contribution in [0.5, 0.6) is 0 Å². The van der Waals surface area contributed by atoms with E-state index < -0.39 is 11.9 Å². The van der Waals surface area contributed by atoms with Crippen molar-refractivity contribution in [1.82, 2.24) is 4.98 Å². The van der Waals surface area contributed by atoms with Gasteiger partial charge in [-0.2, -0.15) is 5.26 Å². The molecule has 2 rings (SSSR count). The second kappa shape index (κ2) is 6.03. The number of aromatic carboxylic acids is 1. The quantitative estimate of drug-likeness (QED) is 0.906. The molecule has 0 aliphatic heterocycles. The summed E-state index contributed by atoms with van der Waals surface area (Å²) in [7, 11) is 0. The summed E-state index contributed by atoms with van der Waals surface area (Å²) in [5, 5.41) is 20.5. The van der Waals surface area contributed by atoms with Crippen LogP contribution in [-0.4, -0.2) is 22.0 Å². The second-order valence-electron chi connectivity index (χ2n) is 4.00. The number of hydrogen-bond donors (Lipinski definition) is 2. The van der Waals surface area contributed by atoms with Crippen LogP contribution < -0.4 is 5.32 Å². The summed E-state index contributed by atoms with van der Waals surface area (Å²) in [6.07, 6.45) is 1.23. The average molecular weight is 302 g/mol. The lowest BCUT2D eigenvalue weighted by molar-refractivity contribution is 0.0690. The number of pyridine rings is 1. The first kappa shape index (κ1) is 14.5. The van der Waals surface area contributed by atoms with Crippen molar-refractivity contribution in [2.24, 2.45) is 0 Å². The number of benzene rings is 1. The smallest absolute Gasteiger partial charge is 0.354 e. The molecule has 0 radical (unpaired) electrons. The highest BCUT2D eigenvalue weighted by Crippen LogP contribution is 2.23. The number of anilines is 1. The molecule has 0 aliphatic carbocycles. The van der Waals surface area contributed by atoms with Gasteiger partial charge in [0.15, 0.2) is 0 Å². The summed E-state index contributed by atoms with van der Waals surface area (Å²) in [6, 6.07) is 8.91. The molecule has 0 aliphatic rings. The number of amides is 1. The maximum Gasteiger partial charge on any atom is 0.354 e. The van der Waals surface area contributed by atoms with Crippen molar-refractivity contribution in [3.63, 3.8) is 0 Å². The number of carbonyl (C=O) groups excluding carboxylic acids is 1. The Kier molecular flexibility index (Phi) is 4.16. The SMILES string of the molecule is N#Cc1ccc(Cl)c(NC(=O)c2ccnc(C(=O)O)c2)c1. The number of nitriles is 1. The summed E-state index contributed by atoms with van der Waals surface area (Å²) >= 11 is 5.94. The number of nitrogens with zero attached hydrogens (tertiary/aromatic N) is 2. The molecule has 0 unspecified atom stereocenters. The first-order valence-corrected chi connectivity index (χ1v) is 6.09. The minimum Gasteiger partial charge on any atom is -0.477 e. The van der Waals surface area contributed by atoms with Gasteiger partial charge in [0.1, 0.15) is 5.69 Å². The molecule has 1 amide bonds. The van der Waals surface area contributed by atoms with Gasteiger partial charge in [-0.1, -0.05) is 11.6 Å². The van der Waals surface area contributed by atoms with Crippen molar-refractivity contribution < 1.29 is 14.7 Å². The molecule has 0 spiro atoms. The van der Waals surface area contributed by atoms with Gasteiger partial charge in [-0.3, -0.25) is 4.79 Å². The van der Waals surface area contributed by atoms with Gasteiger partial charge in [0.25, 0.3) is 5.91 Å². The van der Waals surface area contributed by atoms with Gasteiger partial charge >= 0.3 is 5.97 Å². The molecule has 6 nitrogen and oxygen atoms in total. The fourth-order valence-corrected chi connectivity index (χ4v) is 1.74. The third kappa shape index (κ3) is 3.35. The number of carboxylic acid groups (broad SMARTS) is 1. The van der Waals surface area contributed by atoms with E-state index in [1.165, 1.54) is 30.5 Å². The van der Waals surface area contributed by atoms with Gasteiger partial charge in [0.05, 0.1) is 22.3 Å². The summed E-state index contributed by atoms with van der Waals surface area (Å²) in [6.45, 7) is 0. The summed E-state index contributed by atoms with van der Waals surface area (Å²) < 4.78 is 0. The molecule has 0 saturated carbocycles. The van der Waals surface area contributed by atoms with Gasteiger partial charge in [-0.05, 0) is 30.3 Å². The van der Waals surface area contributed by atoms with Crippen LogP contribution in [0.4, 0.5) is 5.69 Å². The molecule has 1 aromatic carbocycles.